The van der Waals surface area contributed by atoms with Crippen LogP contribution in [0.15, 0.2) is 4.52 Å². The van der Waals surface area contributed by atoms with Crippen molar-refractivity contribution in [1.82, 2.24) is 10.1 Å². The molecule has 1 unspecified atom stereocenters. The summed E-state index contributed by atoms with van der Waals surface area (Å²) in [4.78, 5) is 4.22. The molecule has 4 nitrogen and oxygen atoms in total. The fourth-order valence-electron chi connectivity index (χ4n) is 1.04. The molecule has 1 aromatic rings. The molecule has 74 valence electrons. The molecule has 1 atom stereocenters. The second-order valence-corrected chi connectivity index (χ2v) is 3.66. The van der Waals surface area contributed by atoms with Crippen LogP contribution in [0.5, 0.6) is 0 Å². The maximum Gasteiger partial charge on any atom is 0.243 e. The first-order valence-electron chi connectivity index (χ1n) is 4.71. The third-order valence-electron chi connectivity index (χ3n) is 1.83. The molecular formula is C9H17N3O. The van der Waals surface area contributed by atoms with Gasteiger partial charge in [-0.25, -0.2) is 0 Å². The van der Waals surface area contributed by atoms with Crippen molar-refractivity contribution in [2.45, 2.75) is 39.7 Å². The number of hydrogen-bond acceptors (Lipinski definition) is 4. The zero-order valence-electron chi connectivity index (χ0n) is 8.45. The molecule has 13 heavy (non-hydrogen) atoms. The van der Waals surface area contributed by atoms with Gasteiger partial charge in [-0.15, -0.1) is 0 Å². The summed E-state index contributed by atoms with van der Waals surface area (Å²) in [6.07, 6.45) is 1.67. The lowest BCUT2D eigenvalue weighted by molar-refractivity contribution is 0.347. The van der Waals surface area contributed by atoms with Crippen LogP contribution in [0.3, 0.4) is 0 Å². The largest absolute Gasteiger partial charge is 0.338 e. The van der Waals surface area contributed by atoms with Crippen molar-refractivity contribution in [2.24, 2.45) is 11.7 Å². The number of rotatable bonds is 4. The SMILES string of the molecule is CCC(N)c1nc(CC(C)C)no1. The molecule has 0 aliphatic carbocycles. The molecule has 1 heterocycles. The molecule has 0 radical (unpaired) electrons. The highest BCUT2D eigenvalue weighted by atomic mass is 16.5. The van der Waals surface area contributed by atoms with E-state index in [0.29, 0.717) is 11.8 Å². The van der Waals surface area contributed by atoms with Gasteiger partial charge >= 0.3 is 0 Å². The van der Waals surface area contributed by atoms with Gasteiger partial charge in [0.15, 0.2) is 5.82 Å². The number of nitrogens with zero attached hydrogens (tertiary/aromatic N) is 2. The molecule has 0 fully saturated rings. The molecule has 1 rings (SSSR count). The highest BCUT2D eigenvalue weighted by Crippen LogP contribution is 2.12. The van der Waals surface area contributed by atoms with E-state index >= 15 is 0 Å². The molecule has 1 aromatic heterocycles. The van der Waals surface area contributed by atoms with Crippen LogP contribution >= 0.6 is 0 Å². The minimum atomic E-state index is -0.117. The summed E-state index contributed by atoms with van der Waals surface area (Å²) in [5.74, 6) is 1.86. The van der Waals surface area contributed by atoms with E-state index in [1.165, 1.54) is 0 Å². The minimum Gasteiger partial charge on any atom is -0.338 e. The van der Waals surface area contributed by atoms with E-state index in [4.69, 9.17) is 10.3 Å². The molecule has 0 aromatic carbocycles. The lowest BCUT2D eigenvalue weighted by Crippen LogP contribution is -2.09. The topological polar surface area (TPSA) is 64.9 Å². The Morgan fingerprint density at radius 3 is 2.69 bits per heavy atom. The van der Waals surface area contributed by atoms with Crippen LogP contribution in [0.1, 0.15) is 44.9 Å². The maximum absolute atomic E-state index is 5.74. The average molecular weight is 183 g/mol. The Hall–Kier alpha value is -0.900. The lowest BCUT2D eigenvalue weighted by Gasteiger charge is -1.99. The predicted molar refractivity (Wildman–Crippen MR) is 50.1 cm³/mol. The van der Waals surface area contributed by atoms with E-state index in [1.54, 1.807) is 0 Å². The summed E-state index contributed by atoms with van der Waals surface area (Å²) < 4.78 is 5.03. The van der Waals surface area contributed by atoms with Crippen LogP contribution in [-0.2, 0) is 6.42 Å². The van der Waals surface area contributed by atoms with Gasteiger partial charge in [0.1, 0.15) is 0 Å². The van der Waals surface area contributed by atoms with E-state index in [1.807, 2.05) is 6.92 Å². The van der Waals surface area contributed by atoms with Crippen molar-refractivity contribution in [3.05, 3.63) is 11.7 Å². The first-order valence-corrected chi connectivity index (χ1v) is 4.71. The minimum absolute atomic E-state index is 0.117. The third-order valence-corrected chi connectivity index (χ3v) is 1.83. The summed E-state index contributed by atoms with van der Waals surface area (Å²) in [6, 6.07) is -0.117. The molecule has 4 heteroatoms. The van der Waals surface area contributed by atoms with Crippen molar-refractivity contribution < 1.29 is 4.52 Å². The van der Waals surface area contributed by atoms with Crippen LogP contribution < -0.4 is 5.73 Å². The molecule has 0 saturated heterocycles. The fourth-order valence-corrected chi connectivity index (χ4v) is 1.04. The zero-order valence-corrected chi connectivity index (χ0v) is 8.45. The highest BCUT2D eigenvalue weighted by molar-refractivity contribution is 4.91. The summed E-state index contributed by atoms with van der Waals surface area (Å²) in [5.41, 5.74) is 5.74. The van der Waals surface area contributed by atoms with Gasteiger partial charge in [0.05, 0.1) is 6.04 Å². The van der Waals surface area contributed by atoms with Gasteiger partial charge < -0.3 is 10.3 Å². The first-order chi connectivity index (χ1) is 6.13. The molecule has 0 aliphatic heterocycles. The van der Waals surface area contributed by atoms with E-state index in [0.717, 1.165) is 18.7 Å². The highest BCUT2D eigenvalue weighted by Gasteiger charge is 2.12. The van der Waals surface area contributed by atoms with Gasteiger partial charge in [-0.2, -0.15) is 4.98 Å². The van der Waals surface area contributed by atoms with Crippen LogP contribution in [0.25, 0.3) is 0 Å². The van der Waals surface area contributed by atoms with Crippen LogP contribution in [-0.4, -0.2) is 10.1 Å². The Kier molecular flexibility index (Phi) is 3.42. The Morgan fingerprint density at radius 1 is 1.46 bits per heavy atom. The predicted octanol–water partition coefficient (Wildman–Crippen LogP) is 1.68. The number of hydrogen-bond donors (Lipinski definition) is 1. The zero-order chi connectivity index (χ0) is 9.84. The number of aromatic nitrogens is 2. The van der Waals surface area contributed by atoms with Crippen LogP contribution in [0.4, 0.5) is 0 Å². The smallest absolute Gasteiger partial charge is 0.243 e. The van der Waals surface area contributed by atoms with Gasteiger partial charge in [0, 0.05) is 6.42 Å². The summed E-state index contributed by atoms with van der Waals surface area (Å²) in [5, 5.41) is 3.86. The van der Waals surface area contributed by atoms with Crippen molar-refractivity contribution in [3.63, 3.8) is 0 Å². The molecule has 0 amide bonds. The van der Waals surface area contributed by atoms with Crippen LogP contribution in [0, 0.1) is 5.92 Å². The monoisotopic (exact) mass is 183 g/mol. The van der Waals surface area contributed by atoms with Gasteiger partial charge in [0.25, 0.3) is 0 Å². The Labute approximate surface area is 78.5 Å². The summed E-state index contributed by atoms with van der Waals surface area (Å²) in [6.45, 7) is 6.24. The Balaban J connectivity index is 2.63. The second-order valence-electron chi connectivity index (χ2n) is 3.66. The lowest BCUT2D eigenvalue weighted by atomic mass is 10.1. The average Bonchev–Trinajstić information content (AvgIpc) is 2.50. The third kappa shape index (κ3) is 2.81. The van der Waals surface area contributed by atoms with Crippen molar-refractivity contribution >= 4 is 0 Å². The van der Waals surface area contributed by atoms with E-state index in [-0.39, 0.29) is 6.04 Å². The molecule has 0 spiro atoms. The van der Waals surface area contributed by atoms with E-state index in [9.17, 15) is 0 Å². The standard InChI is InChI=1S/C9H17N3O/c1-4-7(10)9-11-8(12-13-9)5-6(2)3/h6-7H,4-5,10H2,1-3H3. The Bertz CT molecular complexity index is 257. The fraction of sp³-hybridized carbons (Fsp3) is 0.778. The molecule has 2 N–H and O–H groups in total. The first kappa shape index (κ1) is 10.2. The normalized spacial score (nSPS) is 13.6. The van der Waals surface area contributed by atoms with Crippen molar-refractivity contribution in [2.75, 3.05) is 0 Å². The van der Waals surface area contributed by atoms with E-state index in [2.05, 4.69) is 24.0 Å². The molecule has 0 aliphatic rings. The van der Waals surface area contributed by atoms with E-state index < -0.39 is 0 Å². The molecule has 0 bridgehead atoms. The van der Waals surface area contributed by atoms with Gasteiger partial charge in [0.2, 0.25) is 5.89 Å². The summed E-state index contributed by atoms with van der Waals surface area (Å²) >= 11 is 0. The number of nitrogens with two attached hydrogens (primary N) is 1. The van der Waals surface area contributed by atoms with Crippen molar-refractivity contribution in [1.29, 1.82) is 0 Å². The van der Waals surface area contributed by atoms with Gasteiger partial charge in [-0.05, 0) is 12.3 Å². The van der Waals surface area contributed by atoms with Crippen molar-refractivity contribution in [3.8, 4) is 0 Å². The van der Waals surface area contributed by atoms with Gasteiger partial charge in [-0.1, -0.05) is 25.9 Å². The Morgan fingerprint density at radius 2 is 2.15 bits per heavy atom. The molecule has 0 saturated carbocycles. The maximum atomic E-state index is 5.74. The second kappa shape index (κ2) is 4.37. The van der Waals surface area contributed by atoms with Crippen LogP contribution in [0.2, 0.25) is 0 Å². The van der Waals surface area contributed by atoms with Gasteiger partial charge in [-0.3, -0.25) is 0 Å². The summed E-state index contributed by atoms with van der Waals surface area (Å²) in [7, 11) is 0. The molecular weight excluding hydrogens is 166 g/mol. The quantitative estimate of drug-likeness (QED) is 0.771.